The van der Waals surface area contributed by atoms with Crippen LogP contribution in [0.2, 0.25) is 0 Å². The summed E-state index contributed by atoms with van der Waals surface area (Å²) in [5, 5.41) is 0. The molecule has 2 aromatic rings. The maximum absolute atomic E-state index is 12.9. The summed E-state index contributed by atoms with van der Waals surface area (Å²) in [4.78, 5) is 16.1. The summed E-state index contributed by atoms with van der Waals surface area (Å²) < 4.78 is 28.5. The molecule has 1 amide bonds. The molecular formula is C22H27N3O3S. The number of hydrogen-bond donors (Lipinski definition) is 1. The van der Waals surface area contributed by atoms with Crippen molar-refractivity contribution in [3.8, 4) is 0 Å². The summed E-state index contributed by atoms with van der Waals surface area (Å²) in [5.41, 5.74) is 3.39. The first-order chi connectivity index (χ1) is 13.9. The highest BCUT2D eigenvalue weighted by Gasteiger charge is 2.23. The first-order valence-electron chi connectivity index (χ1n) is 10.2. The molecule has 0 aromatic heterocycles. The van der Waals surface area contributed by atoms with Crippen molar-refractivity contribution < 1.29 is 13.2 Å². The summed E-state index contributed by atoms with van der Waals surface area (Å²) in [7, 11) is -3.69. The van der Waals surface area contributed by atoms with Crippen LogP contribution in [-0.4, -0.2) is 34.0 Å². The van der Waals surface area contributed by atoms with Gasteiger partial charge in [0.25, 0.3) is 10.0 Å². The zero-order chi connectivity index (χ0) is 20.4. The van der Waals surface area contributed by atoms with E-state index in [-0.39, 0.29) is 10.8 Å². The molecule has 7 heteroatoms. The zero-order valence-electron chi connectivity index (χ0n) is 16.7. The van der Waals surface area contributed by atoms with E-state index in [1.165, 1.54) is 26.2 Å². The van der Waals surface area contributed by atoms with Gasteiger partial charge in [-0.05, 0) is 80.1 Å². The standard InChI is InChI=1S/C22H27N3O3S/c1-17(26)25-15-5-6-18-16-21(11-12-22(18)25)29(27,28)23-19-7-9-20(10-8-19)24-13-3-2-4-14-24/h7-12,16,23H,2-6,13-15H2,1H3. The third kappa shape index (κ3) is 4.24. The third-order valence-corrected chi connectivity index (χ3v) is 7.08. The number of sulfonamides is 1. The van der Waals surface area contributed by atoms with Gasteiger partial charge in [-0.1, -0.05) is 0 Å². The first-order valence-corrected chi connectivity index (χ1v) is 11.7. The number of aryl methyl sites for hydroxylation is 1. The van der Waals surface area contributed by atoms with Gasteiger partial charge in [0.2, 0.25) is 5.91 Å². The van der Waals surface area contributed by atoms with Gasteiger partial charge in [-0.3, -0.25) is 9.52 Å². The van der Waals surface area contributed by atoms with Crippen molar-refractivity contribution in [2.24, 2.45) is 0 Å². The SMILES string of the molecule is CC(=O)N1CCCc2cc(S(=O)(=O)Nc3ccc(N4CCCCC4)cc3)ccc21. The molecule has 29 heavy (non-hydrogen) atoms. The van der Waals surface area contributed by atoms with E-state index in [0.717, 1.165) is 42.9 Å². The normalized spacial score (nSPS) is 17.0. The van der Waals surface area contributed by atoms with Crippen molar-refractivity contribution in [3.05, 3.63) is 48.0 Å². The van der Waals surface area contributed by atoms with Crippen LogP contribution in [0.1, 0.15) is 38.2 Å². The van der Waals surface area contributed by atoms with Crippen LogP contribution in [0.25, 0.3) is 0 Å². The van der Waals surface area contributed by atoms with Crippen LogP contribution in [0.15, 0.2) is 47.4 Å². The van der Waals surface area contributed by atoms with Crippen molar-refractivity contribution >= 4 is 33.0 Å². The molecule has 0 bridgehead atoms. The number of anilines is 3. The number of hydrogen-bond acceptors (Lipinski definition) is 4. The molecule has 0 spiro atoms. The fraction of sp³-hybridized carbons (Fsp3) is 0.409. The van der Waals surface area contributed by atoms with E-state index in [9.17, 15) is 13.2 Å². The molecule has 0 radical (unpaired) electrons. The quantitative estimate of drug-likeness (QED) is 0.828. The Morgan fingerprint density at radius 1 is 0.931 bits per heavy atom. The molecule has 2 aliphatic rings. The summed E-state index contributed by atoms with van der Waals surface area (Å²) in [6, 6.07) is 12.6. The van der Waals surface area contributed by atoms with Crippen LogP contribution in [0, 0.1) is 0 Å². The molecule has 154 valence electrons. The molecule has 4 rings (SSSR count). The van der Waals surface area contributed by atoms with E-state index >= 15 is 0 Å². The summed E-state index contributed by atoms with van der Waals surface area (Å²) in [6.07, 6.45) is 5.29. The minimum Gasteiger partial charge on any atom is -0.372 e. The summed E-state index contributed by atoms with van der Waals surface area (Å²) in [6.45, 7) is 4.32. The third-order valence-electron chi connectivity index (χ3n) is 5.70. The van der Waals surface area contributed by atoms with Gasteiger partial charge < -0.3 is 9.80 Å². The number of rotatable bonds is 4. The molecule has 0 unspecified atom stereocenters. The van der Waals surface area contributed by atoms with Crippen molar-refractivity contribution in [1.82, 2.24) is 0 Å². The van der Waals surface area contributed by atoms with Crippen LogP contribution in [0.4, 0.5) is 17.1 Å². The number of amides is 1. The average Bonchev–Trinajstić information content (AvgIpc) is 2.73. The molecule has 6 nitrogen and oxygen atoms in total. The number of benzene rings is 2. The van der Waals surface area contributed by atoms with Crippen LogP contribution < -0.4 is 14.5 Å². The van der Waals surface area contributed by atoms with Crippen molar-refractivity contribution in [1.29, 1.82) is 0 Å². The second kappa shape index (κ2) is 8.06. The van der Waals surface area contributed by atoms with Gasteiger partial charge in [0, 0.05) is 43.6 Å². The lowest BCUT2D eigenvalue weighted by Crippen LogP contribution is -2.33. The Kier molecular flexibility index (Phi) is 5.50. The Morgan fingerprint density at radius 2 is 1.66 bits per heavy atom. The van der Waals surface area contributed by atoms with Crippen LogP contribution in [0.3, 0.4) is 0 Å². The van der Waals surface area contributed by atoms with Crippen molar-refractivity contribution in [2.75, 3.05) is 34.2 Å². The van der Waals surface area contributed by atoms with E-state index < -0.39 is 10.0 Å². The number of nitrogens with one attached hydrogen (secondary N) is 1. The molecule has 0 saturated carbocycles. The molecule has 2 aromatic carbocycles. The topological polar surface area (TPSA) is 69.7 Å². The number of fused-ring (bicyclic) bond motifs is 1. The number of carbonyl (C=O) groups is 1. The molecule has 2 aliphatic heterocycles. The second-order valence-electron chi connectivity index (χ2n) is 7.76. The molecule has 1 fully saturated rings. The molecule has 2 heterocycles. The van der Waals surface area contributed by atoms with E-state index in [0.29, 0.717) is 12.2 Å². The van der Waals surface area contributed by atoms with Gasteiger partial charge in [-0.15, -0.1) is 0 Å². The second-order valence-corrected chi connectivity index (χ2v) is 9.45. The van der Waals surface area contributed by atoms with Crippen molar-refractivity contribution in [3.63, 3.8) is 0 Å². The van der Waals surface area contributed by atoms with E-state index in [2.05, 4.69) is 9.62 Å². The van der Waals surface area contributed by atoms with E-state index in [1.807, 2.05) is 24.3 Å². The summed E-state index contributed by atoms with van der Waals surface area (Å²) >= 11 is 0. The molecular weight excluding hydrogens is 386 g/mol. The van der Waals surface area contributed by atoms with Crippen LogP contribution in [-0.2, 0) is 21.2 Å². The van der Waals surface area contributed by atoms with Gasteiger partial charge in [-0.25, -0.2) is 8.42 Å². The highest BCUT2D eigenvalue weighted by molar-refractivity contribution is 7.92. The zero-order valence-corrected chi connectivity index (χ0v) is 17.5. The van der Waals surface area contributed by atoms with Crippen LogP contribution >= 0.6 is 0 Å². The van der Waals surface area contributed by atoms with Crippen LogP contribution in [0.5, 0.6) is 0 Å². The van der Waals surface area contributed by atoms with Gasteiger partial charge in [0.1, 0.15) is 0 Å². The highest BCUT2D eigenvalue weighted by atomic mass is 32.2. The average molecular weight is 414 g/mol. The number of carbonyl (C=O) groups excluding carboxylic acids is 1. The predicted octanol–water partition coefficient (Wildman–Crippen LogP) is 3.78. The smallest absolute Gasteiger partial charge is 0.261 e. The maximum Gasteiger partial charge on any atom is 0.261 e. The minimum absolute atomic E-state index is 0.0199. The van der Waals surface area contributed by atoms with E-state index in [4.69, 9.17) is 0 Å². The number of piperidine rings is 1. The Hall–Kier alpha value is -2.54. The fourth-order valence-electron chi connectivity index (χ4n) is 4.17. The lowest BCUT2D eigenvalue weighted by Gasteiger charge is -2.29. The van der Waals surface area contributed by atoms with Gasteiger partial charge in [0.05, 0.1) is 4.90 Å². The Labute approximate surface area is 172 Å². The Bertz CT molecular complexity index is 996. The molecule has 0 atom stereocenters. The first kappa shape index (κ1) is 19.8. The molecule has 1 N–H and O–H groups in total. The highest BCUT2D eigenvalue weighted by Crippen LogP contribution is 2.30. The lowest BCUT2D eigenvalue weighted by atomic mass is 10.0. The Balaban J connectivity index is 1.52. The van der Waals surface area contributed by atoms with Gasteiger partial charge in [0.15, 0.2) is 0 Å². The molecule has 1 saturated heterocycles. The predicted molar refractivity (Wildman–Crippen MR) is 116 cm³/mol. The van der Waals surface area contributed by atoms with E-state index in [1.54, 1.807) is 23.1 Å². The Morgan fingerprint density at radius 3 is 2.34 bits per heavy atom. The largest absolute Gasteiger partial charge is 0.372 e. The lowest BCUT2D eigenvalue weighted by molar-refractivity contribution is -0.116. The summed E-state index contributed by atoms with van der Waals surface area (Å²) in [5.74, 6) is -0.0199. The number of nitrogens with zero attached hydrogens (tertiary/aromatic N) is 2. The monoisotopic (exact) mass is 413 g/mol. The fourth-order valence-corrected chi connectivity index (χ4v) is 5.28. The molecule has 0 aliphatic carbocycles. The van der Waals surface area contributed by atoms with Crippen molar-refractivity contribution in [2.45, 2.75) is 43.9 Å². The van der Waals surface area contributed by atoms with Gasteiger partial charge in [-0.2, -0.15) is 0 Å². The minimum atomic E-state index is -3.69. The maximum atomic E-state index is 12.9. The van der Waals surface area contributed by atoms with Gasteiger partial charge >= 0.3 is 0 Å².